The lowest BCUT2D eigenvalue weighted by Crippen LogP contribution is -2.02. The molecule has 0 radical (unpaired) electrons. The summed E-state index contributed by atoms with van der Waals surface area (Å²) in [6, 6.07) is 15.9. The van der Waals surface area contributed by atoms with Crippen LogP contribution in [0.3, 0.4) is 0 Å². The van der Waals surface area contributed by atoms with Crippen LogP contribution in [0.1, 0.15) is 42.1 Å². The van der Waals surface area contributed by atoms with Gasteiger partial charge >= 0.3 is 0 Å². The number of hydrogen-bond donors (Lipinski definition) is 1. The van der Waals surface area contributed by atoms with Gasteiger partial charge in [-0.2, -0.15) is 5.11 Å². The van der Waals surface area contributed by atoms with E-state index in [0.717, 1.165) is 57.5 Å². The molecule has 5 rings (SSSR count). The van der Waals surface area contributed by atoms with Gasteiger partial charge in [0.15, 0.2) is 5.78 Å². The highest BCUT2D eigenvalue weighted by atomic mass is 32.1. The van der Waals surface area contributed by atoms with E-state index in [2.05, 4.69) is 51.3 Å². The van der Waals surface area contributed by atoms with Crippen LogP contribution in [-0.2, 0) is 0 Å². The highest BCUT2D eigenvalue weighted by Crippen LogP contribution is 2.35. The van der Waals surface area contributed by atoms with Gasteiger partial charge in [0.1, 0.15) is 12.4 Å². The van der Waals surface area contributed by atoms with Gasteiger partial charge in [-0.15, -0.1) is 16.4 Å². The topological polar surface area (TPSA) is 79.1 Å². The molecule has 1 aliphatic heterocycles. The first-order valence-electron chi connectivity index (χ1n) is 10.4. The number of fused-ring (bicyclic) bond motifs is 3. The van der Waals surface area contributed by atoms with Crippen LogP contribution in [0.15, 0.2) is 69.3 Å². The number of hydrogen-bond acceptors (Lipinski definition) is 7. The molecule has 0 amide bonds. The molecule has 31 heavy (non-hydrogen) atoms. The molecule has 0 fully saturated rings. The summed E-state index contributed by atoms with van der Waals surface area (Å²) in [5.41, 5.74) is 4.31. The van der Waals surface area contributed by atoms with E-state index in [9.17, 15) is 4.79 Å². The Morgan fingerprint density at radius 3 is 2.90 bits per heavy atom. The van der Waals surface area contributed by atoms with Crippen molar-refractivity contribution in [2.75, 3.05) is 11.9 Å². The standard InChI is InChI=1S/C24H21N5OS/c1-2-3-7-22(30)16-5-4-6-17(12-16)26-24-19-10-11-31-23(19)18-9-8-15(13-20(18)27-24)21-14-25-29-28-21/h4-6,8-13H,2-3,7,14H2,1H3,(H,26,27). The van der Waals surface area contributed by atoms with E-state index in [1.165, 1.54) is 4.70 Å². The molecule has 1 aliphatic rings. The predicted octanol–water partition coefficient (Wildman–Crippen LogP) is 6.74. The highest BCUT2D eigenvalue weighted by molar-refractivity contribution is 7.18. The summed E-state index contributed by atoms with van der Waals surface area (Å²) in [4.78, 5) is 17.4. The van der Waals surface area contributed by atoms with Crippen molar-refractivity contribution in [3.8, 4) is 0 Å². The first-order valence-corrected chi connectivity index (χ1v) is 11.3. The molecule has 1 N–H and O–H groups in total. The van der Waals surface area contributed by atoms with Crippen molar-refractivity contribution in [1.29, 1.82) is 0 Å². The fourth-order valence-electron chi connectivity index (χ4n) is 3.73. The first kappa shape index (κ1) is 19.5. The lowest BCUT2D eigenvalue weighted by molar-refractivity contribution is 0.0980. The van der Waals surface area contributed by atoms with Crippen molar-refractivity contribution < 1.29 is 4.79 Å². The number of benzene rings is 2. The van der Waals surface area contributed by atoms with Gasteiger partial charge in [0.05, 0.1) is 11.2 Å². The average Bonchev–Trinajstić information content (AvgIpc) is 3.50. The number of carbonyl (C=O) groups is 1. The zero-order valence-corrected chi connectivity index (χ0v) is 17.9. The predicted molar refractivity (Wildman–Crippen MR) is 127 cm³/mol. The molecule has 0 bridgehead atoms. The van der Waals surface area contributed by atoms with Crippen molar-refractivity contribution in [2.45, 2.75) is 26.2 Å². The number of unbranched alkanes of at least 4 members (excludes halogenated alkanes) is 1. The largest absolute Gasteiger partial charge is 0.340 e. The minimum Gasteiger partial charge on any atom is -0.340 e. The summed E-state index contributed by atoms with van der Waals surface area (Å²) in [7, 11) is 0. The van der Waals surface area contributed by atoms with Crippen molar-refractivity contribution in [1.82, 2.24) is 4.98 Å². The van der Waals surface area contributed by atoms with Gasteiger partial charge in [-0.1, -0.05) is 37.6 Å². The Hall–Kier alpha value is -3.45. The lowest BCUT2D eigenvalue weighted by atomic mass is 10.0. The fraction of sp³-hybridized carbons (Fsp3) is 0.208. The summed E-state index contributed by atoms with van der Waals surface area (Å²) >= 11 is 1.70. The van der Waals surface area contributed by atoms with Gasteiger partial charge in [0.25, 0.3) is 0 Å². The van der Waals surface area contributed by atoms with Crippen LogP contribution in [-0.4, -0.2) is 23.0 Å². The number of thiophene rings is 1. The second-order valence-corrected chi connectivity index (χ2v) is 8.44. The van der Waals surface area contributed by atoms with Crippen LogP contribution in [0.4, 0.5) is 11.5 Å². The van der Waals surface area contributed by atoms with Crippen LogP contribution in [0, 0.1) is 0 Å². The Balaban J connectivity index is 1.53. The SMILES string of the molecule is CCCCC(=O)c1cccc(Nc2nc3cc(C4=NN=NC4)ccc3c3sccc23)c1. The van der Waals surface area contributed by atoms with Crippen molar-refractivity contribution in [2.24, 2.45) is 15.4 Å². The molecule has 0 aliphatic carbocycles. The minimum atomic E-state index is 0.176. The third-order valence-electron chi connectivity index (χ3n) is 5.38. The lowest BCUT2D eigenvalue weighted by Gasteiger charge is -2.11. The molecule has 0 spiro atoms. The van der Waals surface area contributed by atoms with Gasteiger partial charge < -0.3 is 5.32 Å². The number of ketones is 1. The average molecular weight is 428 g/mol. The molecule has 7 heteroatoms. The molecule has 154 valence electrons. The molecule has 6 nitrogen and oxygen atoms in total. The molecule has 2 aromatic heterocycles. The number of Topliss-reactive ketones (excluding diaryl/α,β-unsaturated/α-hetero) is 1. The number of nitrogens with zero attached hydrogens (tertiary/aromatic N) is 4. The number of carbonyl (C=O) groups excluding carboxylic acids is 1. The van der Waals surface area contributed by atoms with Crippen LogP contribution < -0.4 is 5.32 Å². The van der Waals surface area contributed by atoms with Crippen molar-refractivity contribution >= 4 is 55.3 Å². The van der Waals surface area contributed by atoms with E-state index in [-0.39, 0.29) is 5.78 Å². The maximum atomic E-state index is 12.4. The molecule has 4 aromatic rings. The summed E-state index contributed by atoms with van der Waals surface area (Å²) in [5.74, 6) is 0.956. The number of rotatable bonds is 7. The van der Waals surface area contributed by atoms with Gasteiger partial charge in [-0.3, -0.25) is 4.79 Å². The van der Waals surface area contributed by atoms with Crippen molar-refractivity contribution in [3.05, 3.63) is 65.0 Å². The van der Waals surface area contributed by atoms with E-state index in [1.807, 2.05) is 30.3 Å². The highest BCUT2D eigenvalue weighted by Gasteiger charge is 2.14. The fourth-order valence-corrected chi connectivity index (χ4v) is 4.66. The second-order valence-electron chi connectivity index (χ2n) is 7.52. The molecular formula is C24H21N5OS. The third-order valence-corrected chi connectivity index (χ3v) is 6.33. The minimum absolute atomic E-state index is 0.176. The molecule has 0 unspecified atom stereocenters. The first-order chi connectivity index (χ1) is 15.2. The molecule has 0 saturated carbocycles. The molecule has 2 aromatic carbocycles. The van der Waals surface area contributed by atoms with Crippen LogP contribution >= 0.6 is 11.3 Å². The smallest absolute Gasteiger partial charge is 0.162 e. The van der Waals surface area contributed by atoms with E-state index in [4.69, 9.17) is 4.98 Å². The quantitative estimate of drug-likeness (QED) is 0.332. The second kappa shape index (κ2) is 8.35. The number of pyridine rings is 1. The van der Waals surface area contributed by atoms with Gasteiger partial charge in [-0.05, 0) is 41.3 Å². The van der Waals surface area contributed by atoms with E-state index >= 15 is 0 Å². The Morgan fingerprint density at radius 2 is 2.06 bits per heavy atom. The van der Waals surface area contributed by atoms with Crippen molar-refractivity contribution in [3.63, 3.8) is 0 Å². The zero-order valence-electron chi connectivity index (χ0n) is 17.1. The van der Waals surface area contributed by atoms with E-state index < -0.39 is 0 Å². The molecule has 3 heterocycles. The Morgan fingerprint density at radius 1 is 1.13 bits per heavy atom. The van der Waals surface area contributed by atoms with Crippen LogP contribution in [0.25, 0.3) is 21.0 Å². The Labute approximate surface area is 183 Å². The number of aromatic nitrogens is 1. The number of nitrogens with one attached hydrogen (secondary N) is 1. The Kier molecular flexibility index (Phi) is 5.26. The molecule has 0 saturated heterocycles. The van der Waals surface area contributed by atoms with E-state index in [0.29, 0.717) is 13.0 Å². The molecular weight excluding hydrogens is 406 g/mol. The monoisotopic (exact) mass is 427 g/mol. The number of anilines is 2. The van der Waals surface area contributed by atoms with Gasteiger partial charge in [0, 0.05) is 38.7 Å². The maximum absolute atomic E-state index is 12.4. The van der Waals surface area contributed by atoms with Crippen LogP contribution in [0.5, 0.6) is 0 Å². The summed E-state index contributed by atoms with van der Waals surface area (Å²) in [6.45, 7) is 2.59. The Bertz CT molecular complexity index is 1350. The summed E-state index contributed by atoms with van der Waals surface area (Å²) in [6.07, 6.45) is 2.50. The maximum Gasteiger partial charge on any atom is 0.162 e. The normalized spacial score (nSPS) is 13.1. The van der Waals surface area contributed by atoms with Crippen LogP contribution in [0.2, 0.25) is 0 Å². The summed E-state index contributed by atoms with van der Waals surface area (Å²) < 4.78 is 1.18. The van der Waals surface area contributed by atoms with Gasteiger partial charge in [-0.25, -0.2) is 4.98 Å². The van der Waals surface area contributed by atoms with E-state index in [1.54, 1.807) is 11.3 Å². The molecule has 0 atom stereocenters. The zero-order chi connectivity index (χ0) is 21.2. The van der Waals surface area contributed by atoms with Gasteiger partial charge in [0.2, 0.25) is 0 Å². The third kappa shape index (κ3) is 3.84. The summed E-state index contributed by atoms with van der Waals surface area (Å²) in [5, 5.41) is 19.5.